The normalized spacial score (nSPS) is 21.3. The van der Waals surface area contributed by atoms with Crippen LogP contribution in [0.25, 0.3) is 0 Å². The Morgan fingerprint density at radius 1 is 1.37 bits per heavy atom. The molecule has 1 aromatic carbocycles. The van der Waals surface area contributed by atoms with Crippen LogP contribution in [0.3, 0.4) is 0 Å². The van der Waals surface area contributed by atoms with Crippen molar-refractivity contribution < 1.29 is 13.2 Å². The zero-order valence-electron chi connectivity index (χ0n) is 10.7. The highest BCUT2D eigenvalue weighted by Crippen LogP contribution is 2.20. The number of rotatable bonds is 3. The summed E-state index contributed by atoms with van der Waals surface area (Å²) >= 11 is 2.18. The lowest BCUT2D eigenvalue weighted by Crippen LogP contribution is -2.40. The smallest absolute Gasteiger partial charge is 0.254 e. The predicted octanol–water partition coefficient (Wildman–Crippen LogP) is 1.94. The van der Waals surface area contributed by atoms with Gasteiger partial charge in [-0.05, 0) is 60.2 Å². The molecule has 0 spiro atoms. The first-order valence-corrected chi connectivity index (χ1v) is 9.10. The number of halogens is 1. The second kappa shape index (κ2) is 5.78. The molecule has 0 N–H and O–H groups in total. The number of hydrogen-bond donors (Lipinski definition) is 0. The molecule has 104 valence electrons. The molecule has 1 heterocycles. The van der Waals surface area contributed by atoms with Crippen LogP contribution in [0.4, 0.5) is 0 Å². The van der Waals surface area contributed by atoms with E-state index in [-0.39, 0.29) is 23.5 Å². The van der Waals surface area contributed by atoms with Crippen molar-refractivity contribution in [1.29, 1.82) is 0 Å². The van der Waals surface area contributed by atoms with Crippen molar-refractivity contribution in [3.8, 4) is 0 Å². The van der Waals surface area contributed by atoms with Gasteiger partial charge in [0.2, 0.25) is 0 Å². The molecule has 0 aliphatic carbocycles. The molecule has 1 aromatic rings. The van der Waals surface area contributed by atoms with Crippen LogP contribution in [0.5, 0.6) is 0 Å². The quantitative estimate of drug-likeness (QED) is 0.738. The van der Waals surface area contributed by atoms with E-state index in [4.69, 9.17) is 0 Å². The molecule has 19 heavy (non-hydrogen) atoms. The van der Waals surface area contributed by atoms with Gasteiger partial charge in [0.25, 0.3) is 5.91 Å². The SMILES string of the molecule is CCN(C(=O)c1ccc(I)cc1)C1CCS(=O)(=O)C1. The van der Waals surface area contributed by atoms with Crippen LogP contribution >= 0.6 is 22.6 Å². The maximum absolute atomic E-state index is 12.4. The molecule has 0 aromatic heterocycles. The van der Waals surface area contributed by atoms with E-state index in [2.05, 4.69) is 22.6 Å². The first kappa shape index (κ1) is 14.8. The van der Waals surface area contributed by atoms with E-state index < -0.39 is 9.84 Å². The van der Waals surface area contributed by atoms with Crippen molar-refractivity contribution in [2.24, 2.45) is 0 Å². The Balaban J connectivity index is 2.18. The summed E-state index contributed by atoms with van der Waals surface area (Å²) in [5.41, 5.74) is 0.617. The fraction of sp³-hybridized carbons (Fsp3) is 0.462. The molecule has 6 heteroatoms. The van der Waals surface area contributed by atoms with Crippen LogP contribution in [-0.2, 0) is 9.84 Å². The molecule has 0 saturated carbocycles. The van der Waals surface area contributed by atoms with Crippen molar-refractivity contribution in [3.05, 3.63) is 33.4 Å². The van der Waals surface area contributed by atoms with Crippen LogP contribution in [0, 0.1) is 3.57 Å². The summed E-state index contributed by atoms with van der Waals surface area (Å²) in [5.74, 6) is 0.200. The van der Waals surface area contributed by atoms with Gasteiger partial charge in [0, 0.05) is 21.7 Å². The molecule has 1 saturated heterocycles. The Bertz CT molecular complexity index is 568. The monoisotopic (exact) mass is 393 g/mol. The van der Waals surface area contributed by atoms with Gasteiger partial charge in [0.1, 0.15) is 0 Å². The molecular formula is C13H16INO3S. The Kier molecular flexibility index (Phi) is 4.50. The van der Waals surface area contributed by atoms with Crippen molar-refractivity contribution in [2.75, 3.05) is 18.1 Å². The number of nitrogens with zero attached hydrogens (tertiary/aromatic N) is 1. The fourth-order valence-corrected chi connectivity index (χ4v) is 4.44. The van der Waals surface area contributed by atoms with Crippen LogP contribution in [-0.4, -0.2) is 43.3 Å². The molecule has 0 radical (unpaired) electrons. The first-order chi connectivity index (χ1) is 8.93. The van der Waals surface area contributed by atoms with E-state index in [9.17, 15) is 13.2 Å². The van der Waals surface area contributed by atoms with Crippen molar-refractivity contribution >= 4 is 38.3 Å². The molecule has 0 bridgehead atoms. The highest BCUT2D eigenvalue weighted by atomic mass is 127. The lowest BCUT2D eigenvalue weighted by Gasteiger charge is -2.26. The average Bonchev–Trinajstić information content (AvgIpc) is 2.71. The summed E-state index contributed by atoms with van der Waals surface area (Å²) in [7, 11) is -2.97. The topological polar surface area (TPSA) is 54.5 Å². The molecule has 2 rings (SSSR count). The predicted molar refractivity (Wildman–Crippen MR) is 82.9 cm³/mol. The van der Waals surface area contributed by atoms with Crippen molar-refractivity contribution in [3.63, 3.8) is 0 Å². The van der Waals surface area contributed by atoms with Gasteiger partial charge in [-0.2, -0.15) is 0 Å². The van der Waals surface area contributed by atoms with Crippen molar-refractivity contribution in [2.45, 2.75) is 19.4 Å². The van der Waals surface area contributed by atoms with Crippen LogP contribution in [0.15, 0.2) is 24.3 Å². The number of carbonyl (C=O) groups is 1. The van der Waals surface area contributed by atoms with E-state index in [1.54, 1.807) is 17.0 Å². The zero-order chi connectivity index (χ0) is 14.0. The molecule has 1 amide bonds. The van der Waals surface area contributed by atoms with E-state index >= 15 is 0 Å². The Morgan fingerprint density at radius 2 is 2.00 bits per heavy atom. The number of carbonyl (C=O) groups excluding carboxylic acids is 1. The van der Waals surface area contributed by atoms with Gasteiger partial charge in [-0.15, -0.1) is 0 Å². The standard InChI is InChI=1S/C13H16INO3S/c1-2-15(12-7-8-19(17,18)9-12)13(16)10-3-5-11(14)6-4-10/h3-6,12H,2,7-9H2,1H3. The molecule has 4 nitrogen and oxygen atoms in total. The third-order valence-corrected chi connectivity index (χ3v) is 5.81. The summed E-state index contributed by atoms with van der Waals surface area (Å²) in [5, 5.41) is 0. The molecule has 1 fully saturated rings. The van der Waals surface area contributed by atoms with E-state index in [1.807, 2.05) is 19.1 Å². The molecule has 1 aliphatic heterocycles. The molecule has 1 unspecified atom stereocenters. The van der Waals surface area contributed by atoms with E-state index in [1.165, 1.54) is 0 Å². The minimum atomic E-state index is -2.97. The van der Waals surface area contributed by atoms with E-state index in [0.717, 1.165) is 3.57 Å². The lowest BCUT2D eigenvalue weighted by molar-refractivity contribution is 0.0708. The Hall–Kier alpha value is -0.630. The zero-order valence-corrected chi connectivity index (χ0v) is 13.6. The summed E-state index contributed by atoms with van der Waals surface area (Å²) in [6.07, 6.45) is 0.548. The van der Waals surface area contributed by atoms with Crippen molar-refractivity contribution in [1.82, 2.24) is 4.90 Å². The van der Waals surface area contributed by atoms with Gasteiger partial charge in [-0.1, -0.05) is 0 Å². The molecule has 1 aliphatic rings. The minimum absolute atomic E-state index is 0.0824. The fourth-order valence-electron chi connectivity index (χ4n) is 2.35. The van der Waals surface area contributed by atoms with Gasteiger partial charge < -0.3 is 4.90 Å². The molecular weight excluding hydrogens is 377 g/mol. The summed E-state index contributed by atoms with van der Waals surface area (Å²) in [4.78, 5) is 14.1. The largest absolute Gasteiger partial charge is 0.335 e. The van der Waals surface area contributed by atoms with Crippen LogP contribution in [0.1, 0.15) is 23.7 Å². The van der Waals surface area contributed by atoms with Gasteiger partial charge in [0.15, 0.2) is 9.84 Å². The third kappa shape index (κ3) is 3.47. The number of benzene rings is 1. The second-order valence-corrected chi connectivity index (χ2v) is 8.13. The van der Waals surface area contributed by atoms with Crippen LogP contribution in [0.2, 0.25) is 0 Å². The number of sulfone groups is 1. The third-order valence-electron chi connectivity index (χ3n) is 3.34. The highest BCUT2D eigenvalue weighted by molar-refractivity contribution is 14.1. The van der Waals surface area contributed by atoms with Gasteiger partial charge >= 0.3 is 0 Å². The van der Waals surface area contributed by atoms with Gasteiger partial charge in [0.05, 0.1) is 11.5 Å². The molecule has 1 atom stereocenters. The maximum atomic E-state index is 12.4. The number of amides is 1. The summed E-state index contributed by atoms with van der Waals surface area (Å²) < 4.78 is 24.1. The van der Waals surface area contributed by atoms with Gasteiger partial charge in [-0.3, -0.25) is 4.79 Å². The first-order valence-electron chi connectivity index (χ1n) is 6.20. The maximum Gasteiger partial charge on any atom is 0.254 e. The summed E-state index contributed by atoms with van der Waals surface area (Å²) in [6.45, 7) is 2.42. The Labute approximate surface area is 127 Å². The minimum Gasteiger partial charge on any atom is -0.335 e. The van der Waals surface area contributed by atoms with Gasteiger partial charge in [-0.25, -0.2) is 8.42 Å². The second-order valence-electron chi connectivity index (χ2n) is 4.65. The van der Waals surface area contributed by atoms with E-state index in [0.29, 0.717) is 18.5 Å². The Morgan fingerprint density at radius 3 is 2.47 bits per heavy atom. The summed E-state index contributed by atoms with van der Waals surface area (Å²) in [6, 6.07) is 7.16. The van der Waals surface area contributed by atoms with Crippen LogP contribution < -0.4 is 0 Å². The lowest BCUT2D eigenvalue weighted by atomic mass is 10.1. The number of hydrogen-bond acceptors (Lipinski definition) is 3. The average molecular weight is 393 g/mol. The highest BCUT2D eigenvalue weighted by Gasteiger charge is 2.34.